The molecule has 1 aromatic heterocycles. The maximum Gasteiger partial charge on any atom is 0.309 e. The molecule has 1 aliphatic heterocycles. The third-order valence-electron chi connectivity index (χ3n) is 5.45. The highest BCUT2D eigenvalue weighted by Crippen LogP contribution is 2.23. The molecule has 2 aromatic rings. The summed E-state index contributed by atoms with van der Waals surface area (Å²) in [5.41, 5.74) is 2.26. The van der Waals surface area contributed by atoms with E-state index in [0.717, 1.165) is 31.7 Å². The van der Waals surface area contributed by atoms with Crippen molar-refractivity contribution < 1.29 is 9.59 Å². The van der Waals surface area contributed by atoms with E-state index >= 15 is 0 Å². The molecule has 1 aliphatic rings. The normalized spacial score (nSPS) is 15.5. The zero-order chi connectivity index (χ0) is 22.1. The van der Waals surface area contributed by atoms with Gasteiger partial charge >= 0.3 is 11.8 Å². The minimum Gasteiger partial charge on any atom is -0.369 e. The number of hydrogen-bond acceptors (Lipinski definition) is 6. The first-order chi connectivity index (χ1) is 15.0. The molecule has 1 atom stereocenters. The van der Waals surface area contributed by atoms with Crippen LogP contribution in [-0.4, -0.2) is 86.5 Å². The SMILES string of the molecule is CN(C)CCNC(=O)C(=O)NC[C@@H](c1cccnc1)N1CCN(c2ccccc2)CC1. The third-order valence-corrected chi connectivity index (χ3v) is 5.45. The lowest BCUT2D eigenvalue weighted by Gasteiger charge is -2.40. The lowest BCUT2D eigenvalue weighted by atomic mass is 10.1. The van der Waals surface area contributed by atoms with Crippen LogP contribution in [0.5, 0.6) is 0 Å². The highest BCUT2D eigenvalue weighted by molar-refractivity contribution is 6.35. The average Bonchev–Trinajstić information content (AvgIpc) is 2.80. The van der Waals surface area contributed by atoms with Crippen molar-refractivity contribution >= 4 is 17.5 Å². The Labute approximate surface area is 184 Å². The lowest BCUT2D eigenvalue weighted by Crippen LogP contribution is -2.51. The number of nitrogens with zero attached hydrogens (tertiary/aromatic N) is 4. The van der Waals surface area contributed by atoms with Crippen LogP contribution in [0, 0.1) is 0 Å². The molecule has 2 heterocycles. The van der Waals surface area contributed by atoms with Crippen molar-refractivity contribution in [2.75, 3.05) is 64.8 Å². The first kappa shape index (κ1) is 22.7. The molecule has 8 heteroatoms. The van der Waals surface area contributed by atoms with Crippen LogP contribution >= 0.6 is 0 Å². The van der Waals surface area contributed by atoms with E-state index in [1.54, 1.807) is 6.20 Å². The average molecular weight is 425 g/mol. The molecular formula is C23H32N6O2. The fourth-order valence-electron chi connectivity index (χ4n) is 3.70. The smallest absolute Gasteiger partial charge is 0.309 e. The number of hydrogen-bond donors (Lipinski definition) is 2. The van der Waals surface area contributed by atoms with Crippen LogP contribution in [0.15, 0.2) is 54.9 Å². The topological polar surface area (TPSA) is 80.8 Å². The summed E-state index contributed by atoms with van der Waals surface area (Å²) in [4.78, 5) is 35.3. The number of carbonyl (C=O) groups is 2. The van der Waals surface area contributed by atoms with Crippen LogP contribution in [0.2, 0.25) is 0 Å². The van der Waals surface area contributed by atoms with Gasteiger partial charge in [0.2, 0.25) is 0 Å². The van der Waals surface area contributed by atoms with Crippen molar-refractivity contribution in [1.29, 1.82) is 0 Å². The molecule has 0 aliphatic carbocycles. The standard InChI is InChI=1S/C23H32N6O2/c1-27(2)12-11-25-22(30)23(31)26-18-21(19-7-6-10-24-17-19)29-15-13-28(14-16-29)20-8-4-3-5-9-20/h3-10,17,21H,11-16,18H2,1-2H3,(H,25,30)(H,26,31)/t21-/m0/s1. The molecule has 8 nitrogen and oxygen atoms in total. The van der Waals surface area contributed by atoms with E-state index in [1.165, 1.54) is 5.69 Å². The summed E-state index contributed by atoms with van der Waals surface area (Å²) < 4.78 is 0. The number of piperazine rings is 1. The predicted octanol–water partition coefficient (Wildman–Crippen LogP) is 0.739. The zero-order valence-electron chi connectivity index (χ0n) is 18.3. The lowest BCUT2D eigenvalue weighted by molar-refractivity contribution is -0.139. The molecular weight excluding hydrogens is 392 g/mol. The quantitative estimate of drug-likeness (QED) is 0.609. The Bertz CT molecular complexity index is 822. The Hall–Kier alpha value is -2.97. The van der Waals surface area contributed by atoms with Crippen molar-refractivity contribution in [1.82, 2.24) is 25.4 Å². The Kier molecular flexibility index (Phi) is 8.37. The first-order valence-corrected chi connectivity index (χ1v) is 10.7. The van der Waals surface area contributed by atoms with Crippen molar-refractivity contribution in [3.8, 4) is 0 Å². The molecule has 2 N–H and O–H groups in total. The summed E-state index contributed by atoms with van der Waals surface area (Å²) >= 11 is 0. The van der Waals surface area contributed by atoms with Crippen LogP contribution in [0.3, 0.4) is 0 Å². The Morgan fingerprint density at radius 2 is 1.71 bits per heavy atom. The minimum absolute atomic E-state index is 0.0369. The van der Waals surface area contributed by atoms with E-state index in [-0.39, 0.29) is 6.04 Å². The number of benzene rings is 1. The Balaban J connectivity index is 1.58. The van der Waals surface area contributed by atoms with Gasteiger partial charge in [0.05, 0.1) is 6.04 Å². The number of para-hydroxylation sites is 1. The second-order valence-corrected chi connectivity index (χ2v) is 7.93. The molecule has 0 saturated carbocycles. The second-order valence-electron chi connectivity index (χ2n) is 7.93. The van der Waals surface area contributed by atoms with Gasteiger partial charge in [-0.3, -0.25) is 19.5 Å². The first-order valence-electron chi connectivity index (χ1n) is 10.7. The number of likely N-dealkylation sites (N-methyl/N-ethyl adjacent to an activating group) is 1. The van der Waals surface area contributed by atoms with Gasteiger partial charge < -0.3 is 20.4 Å². The van der Waals surface area contributed by atoms with E-state index in [9.17, 15) is 9.59 Å². The molecule has 2 amide bonds. The van der Waals surface area contributed by atoms with E-state index in [2.05, 4.69) is 49.7 Å². The van der Waals surface area contributed by atoms with Crippen LogP contribution in [0.1, 0.15) is 11.6 Å². The second kappa shape index (κ2) is 11.4. The summed E-state index contributed by atoms with van der Waals surface area (Å²) in [6.45, 7) is 5.00. The fraction of sp³-hybridized carbons (Fsp3) is 0.435. The fourth-order valence-corrected chi connectivity index (χ4v) is 3.70. The van der Waals surface area contributed by atoms with Gasteiger partial charge in [-0.15, -0.1) is 0 Å². The van der Waals surface area contributed by atoms with Gasteiger partial charge in [-0.1, -0.05) is 24.3 Å². The van der Waals surface area contributed by atoms with Gasteiger partial charge in [0.1, 0.15) is 0 Å². The number of aromatic nitrogens is 1. The minimum atomic E-state index is -0.601. The molecule has 1 saturated heterocycles. The van der Waals surface area contributed by atoms with Gasteiger partial charge in [-0.05, 0) is 37.9 Å². The van der Waals surface area contributed by atoms with E-state index < -0.39 is 11.8 Å². The summed E-state index contributed by atoms with van der Waals surface area (Å²) in [6.07, 6.45) is 3.57. The maximum atomic E-state index is 12.3. The van der Waals surface area contributed by atoms with Crippen LogP contribution in [-0.2, 0) is 9.59 Å². The monoisotopic (exact) mass is 424 g/mol. The highest BCUT2D eigenvalue weighted by Gasteiger charge is 2.26. The summed E-state index contributed by atoms with van der Waals surface area (Å²) in [5.74, 6) is -1.20. The summed E-state index contributed by atoms with van der Waals surface area (Å²) in [6, 6.07) is 14.3. The largest absolute Gasteiger partial charge is 0.369 e. The van der Waals surface area contributed by atoms with Crippen LogP contribution < -0.4 is 15.5 Å². The third kappa shape index (κ3) is 6.77. The summed E-state index contributed by atoms with van der Waals surface area (Å²) in [7, 11) is 3.84. The van der Waals surface area contributed by atoms with Crippen molar-refractivity contribution in [2.45, 2.75) is 6.04 Å². The van der Waals surface area contributed by atoms with Crippen molar-refractivity contribution in [3.63, 3.8) is 0 Å². The predicted molar refractivity (Wildman–Crippen MR) is 122 cm³/mol. The highest BCUT2D eigenvalue weighted by atomic mass is 16.2. The molecule has 166 valence electrons. The zero-order valence-corrected chi connectivity index (χ0v) is 18.3. The van der Waals surface area contributed by atoms with Gasteiger partial charge in [-0.2, -0.15) is 0 Å². The Morgan fingerprint density at radius 3 is 2.35 bits per heavy atom. The van der Waals surface area contributed by atoms with Gasteiger partial charge in [-0.25, -0.2) is 0 Å². The van der Waals surface area contributed by atoms with E-state index in [0.29, 0.717) is 19.6 Å². The van der Waals surface area contributed by atoms with Gasteiger partial charge in [0.15, 0.2) is 0 Å². The molecule has 1 fully saturated rings. The molecule has 0 radical (unpaired) electrons. The number of rotatable bonds is 8. The van der Waals surface area contributed by atoms with Gasteiger partial charge in [0.25, 0.3) is 0 Å². The number of carbonyl (C=O) groups excluding carboxylic acids is 2. The van der Waals surface area contributed by atoms with Crippen molar-refractivity contribution in [3.05, 3.63) is 60.4 Å². The Morgan fingerprint density at radius 1 is 1.00 bits per heavy atom. The number of nitrogens with one attached hydrogen (secondary N) is 2. The molecule has 0 spiro atoms. The maximum absolute atomic E-state index is 12.3. The van der Waals surface area contributed by atoms with E-state index in [4.69, 9.17) is 0 Å². The number of anilines is 1. The van der Waals surface area contributed by atoms with Crippen LogP contribution in [0.4, 0.5) is 5.69 Å². The molecule has 1 aromatic carbocycles. The number of amides is 2. The van der Waals surface area contributed by atoms with Gasteiger partial charge in [0, 0.05) is 63.9 Å². The van der Waals surface area contributed by atoms with Crippen LogP contribution in [0.25, 0.3) is 0 Å². The molecule has 0 bridgehead atoms. The van der Waals surface area contributed by atoms with E-state index in [1.807, 2.05) is 43.4 Å². The molecule has 3 rings (SSSR count). The molecule has 0 unspecified atom stereocenters. The summed E-state index contributed by atoms with van der Waals surface area (Å²) in [5, 5.41) is 5.47. The van der Waals surface area contributed by atoms with Crippen molar-refractivity contribution in [2.24, 2.45) is 0 Å². The number of pyridine rings is 1. The molecule has 31 heavy (non-hydrogen) atoms.